The van der Waals surface area contributed by atoms with Crippen LogP contribution in [-0.4, -0.2) is 21.0 Å². The minimum Gasteiger partial charge on any atom is -0.478 e. The number of nitrogens with zero attached hydrogens (tertiary/aromatic N) is 2. The molecule has 0 fully saturated rings. The molecule has 0 aromatic carbocycles. The molecule has 0 radical (unpaired) electrons. The number of pyridine rings is 2. The quantitative estimate of drug-likeness (QED) is 0.774. The van der Waals surface area contributed by atoms with Gasteiger partial charge in [0.15, 0.2) is 5.82 Å². The molecule has 98 valence electrons. The molecule has 0 amide bonds. The van der Waals surface area contributed by atoms with Crippen LogP contribution in [0.1, 0.15) is 28.9 Å². The molecular formula is C13H14N4O2. The predicted octanol–water partition coefficient (Wildman–Crippen LogP) is 1.93. The monoisotopic (exact) mass is 258 g/mol. The second-order valence-corrected chi connectivity index (χ2v) is 4.08. The molecule has 1 unspecified atom stereocenters. The Morgan fingerprint density at radius 1 is 1.42 bits per heavy atom. The minimum absolute atomic E-state index is 0.0379. The Morgan fingerprint density at radius 2 is 2.21 bits per heavy atom. The van der Waals surface area contributed by atoms with Crippen LogP contribution in [0.2, 0.25) is 0 Å². The summed E-state index contributed by atoms with van der Waals surface area (Å²) < 4.78 is 0. The van der Waals surface area contributed by atoms with Crippen molar-refractivity contribution in [1.82, 2.24) is 9.97 Å². The number of aromatic carboxylic acids is 1. The van der Waals surface area contributed by atoms with Crippen molar-refractivity contribution in [2.75, 3.05) is 11.1 Å². The highest BCUT2D eigenvalue weighted by molar-refractivity contribution is 5.96. The summed E-state index contributed by atoms with van der Waals surface area (Å²) in [6.07, 6.45) is 4.83. The third kappa shape index (κ3) is 2.79. The van der Waals surface area contributed by atoms with Crippen molar-refractivity contribution in [2.45, 2.75) is 13.0 Å². The van der Waals surface area contributed by atoms with Gasteiger partial charge in [-0.2, -0.15) is 0 Å². The van der Waals surface area contributed by atoms with E-state index < -0.39 is 5.97 Å². The van der Waals surface area contributed by atoms with Gasteiger partial charge in [-0.15, -0.1) is 0 Å². The number of nitrogens with one attached hydrogen (secondary N) is 1. The van der Waals surface area contributed by atoms with Crippen LogP contribution in [0, 0.1) is 0 Å². The summed E-state index contributed by atoms with van der Waals surface area (Å²) in [6.45, 7) is 1.92. The van der Waals surface area contributed by atoms with Gasteiger partial charge in [-0.1, -0.05) is 6.07 Å². The number of carboxylic acid groups (broad SMARTS) is 1. The summed E-state index contributed by atoms with van der Waals surface area (Å²) in [6, 6.07) is 5.05. The van der Waals surface area contributed by atoms with Gasteiger partial charge in [0.05, 0.1) is 17.3 Å². The van der Waals surface area contributed by atoms with Crippen LogP contribution in [0.3, 0.4) is 0 Å². The zero-order chi connectivity index (χ0) is 13.8. The Morgan fingerprint density at radius 3 is 2.84 bits per heavy atom. The number of aromatic nitrogens is 2. The standard InChI is InChI=1S/C13H14N4O2/c1-8(9-3-2-5-15-7-9)17-12-11(14)10(13(18)19)4-6-16-12/h2-8H,14H2,1H3,(H,16,17)(H,18,19). The molecule has 0 saturated heterocycles. The maximum absolute atomic E-state index is 11.0. The molecule has 2 heterocycles. The maximum atomic E-state index is 11.0. The van der Waals surface area contributed by atoms with Crippen molar-refractivity contribution in [3.05, 3.63) is 47.9 Å². The lowest BCUT2D eigenvalue weighted by Gasteiger charge is -2.16. The van der Waals surface area contributed by atoms with Crippen molar-refractivity contribution < 1.29 is 9.90 Å². The van der Waals surface area contributed by atoms with Crippen molar-refractivity contribution in [1.29, 1.82) is 0 Å². The predicted molar refractivity (Wildman–Crippen MR) is 71.9 cm³/mol. The highest BCUT2D eigenvalue weighted by Gasteiger charge is 2.14. The number of carboxylic acids is 1. The molecule has 0 saturated carbocycles. The van der Waals surface area contributed by atoms with E-state index in [4.69, 9.17) is 10.8 Å². The van der Waals surface area contributed by atoms with Gasteiger partial charge in [0.2, 0.25) is 0 Å². The molecule has 0 bridgehead atoms. The van der Waals surface area contributed by atoms with Gasteiger partial charge >= 0.3 is 5.97 Å². The average Bonchev–Trinajstić information content (AvgIpc) is 2.41. The third-order valence-corrected chi connectivity index (χ3v) is 2.76. The van der Waals surface area contributed by atoms with Gasteiger partial charge in [-0.3, -0.25) is 4.98 Å². The molecular weight excluding hydrogens is 244 g/mol. The smallest absolute Gasteiger partial charge is 0.337 e. The van der Waals surface area contributed by atoms with E-state index in [1.807, 2.05) is 19.1 Å². The van der Waals surface area contributed by atoms with Crippen molar-refractivity contribution in [3.8, 4) is 0 Å². The van der Waals surface area contributed by atoms with Crippen molar-refractivity contribution >= 4 is 17.5 Å². The molecule has 0 spiro atoms. The van der Waals surface area contributed by atoms with Crippen LogP contribution in [0.15, 0.2) is 36.8 Å². The van der Waals surface area contributed by atoms with E-state index in [0.717, 1.165) is 5.56 Å². The molecule has 6 heteroatoms. The lowest BCUT2D eigenvalue weighted by atomic mass is 10.1. The fraction of sp³-hybridized carbons (Fsp3) is 0.154. The van der Waals surface area contributed by atoms with Crippen LogP contribution in [0.25, 0.3) is 0 Å². The highest BCUT2D eigenvalue weighted by Crippen LogP contribution is 2.24. The van der Waals surface area contributed by atoms with Gasteiger partial charge in [0.25, 0.3) is 0 Å². The summed E-state index contributed by atoms with van der Waals surface area (Å²) in [5.74, 6) is -0.715. The van der Waals surface area contributed by atoms with E-state index in [-0.39, 0.29) is 17.3 Å². The van der Waals surface area contributed by atoms with Crippen LogP contribution >= 0.6 is 0 Å². The Hall–Kier alpha value is -2.63. The molecule has 1 atom stereocenters. The molecule has 0 aliphatic rings. The SMILES string of the molecule is CC(Nc1nccc(C(=O)O)c1N)c1cccnc1. The molecule has 6 nitrogen and oxygen atoms in total. The number of rotatable bonds is 4. The fourth-order valence-electron chi connectivity index (χ4n) is 1.70. The van der Waals surface area contributed by atoms with Crippen molar-refractivity contribution in [2.24, 2.45) is 0 Å². The van der Waals surface area contributed by atoms with E-state index in [9.17, 15) is 4.79 Å². The average molecular weight is 258 g/mol. The zero-order valence-corrected chi connectivity index (χ0v) is 10.4. The molecule has 0 aliphatic carbocycles. The van der Waals surface area contributed by atoms with Crippen LogP contribution in [0.5, 0.6) is 0 Å². The first-order valence-electron chi connectivity index (χ1n) is 5.74. The van der Waals surface area contributed by atoms with Gasteiger partial charge < -0.3 is 16.2 Å². The van der Waals surface area contributed by atoms with Gasteiger partial charge in [0.1, 0.15) is 0 Å². The van der Waals surface area contributed by atoms with Gasteiger partial charge in [0, 0.05) is 18.6 Å². The summed E-state index contributed by atoms with van der Waals surface area (Å²) in [5, 5.41) is 12.1. The molecule has 0 aliphatic heterocycles. The lowest BCUT2D eigenvalue weighted by Crippen LogP contribution is -2.12. The van der Waals surface area contributed by atoms with E-state index in [1.54, 1.807) is 12.4 Å². The second-order valence-electron chi connectivity index (χ2n) is 4.08. The van der Waals surface area contributed by atoms with E-state index in [0.29, 0.717) is 5.82 Å². The van der Waals surface area contributed by atoms with Crippen molar-refractivity contribution in [3.63, 3.8) is 0 Å². The van der Waals surface area contributed by atoms with E-state index in [1.165, 1.54) is 12.3 Å². The normalized spacial score (nSPS) is 11.8. The Labute approximate surface area is 110 Å². The number of hydrogen-bond donors (Lipinski definition) is 3. The topological polar surface area (TPSA) is 101 Å². The number of carbonyl (C=O) groups is 1. The molecule has 19 heavy (non-hydrogen) atoms. The summed E-state index contributed by atoms with van der Waals surface area (Å²) in [4.78, 5) is 19.1. The highest BCUT2D eigenvalue weighted by atomic mass is 16.4. The van der Waals surface area contributed by atoms with Crippen LogP contribution in [-0.2, 0) is 0 Å². The number of anilines is 2. The number of hydrogen-bond acceptors (Lipinski definition) is 5. The summed E-state index contributed by atoms with van der Waals surface area (Å²) in [7, 11) is 0. The fourth-order valence-corrected chi connectivity index (χ4v) is 1.70. The summed E-state index contributed by atoms with van der Waals surface area (Å²) in [5.41, 5.74) is 6.92. The summed E-state index contributed by atoms with van der Waals surface area (Å²) >= 11 is 0. The Balaban J connectivity index is 2.25. The molecule has 4 N–H and O–H groups in total. The first-order valence-corrected chi connectivity index (χ1v) is 5.74. The molecule has 2 aromatic rings. The number of nitrogen functional groups attached to an aromatic ring is 1. The number of nitrogens with two attached hydrogens (primary N) is 1. The van der Waals surface area contributed by atoms with Gasteiger partial charge in [-0.25, -0.2) is 9.78 Å². The Kier molecular flexibility index (Phi) is 3.61. The van der Waals surface area contributed by atoms with Gasteiger partial charge in [-0.05, 0) is 24.6 Å². The van der Waals surface area contributed by atoms with E-state index >= 15 is 0 Å². The second kappa shape index (κ2) is 5.34. The van der Waals surface area contributed by atoms with E-state index in [2.05, 4.69) is 15.3 Å². The first kappa shape index (κ1) is 12.8. The third-order valence-electron chi connectivity index (χ3n) is 2.76. The largest absolute Gasteiger partial charge is 0.478 e. The lowest BCUT2D eigenvalue weighted by molar-refractivity contribution is 0.0698. The first-order chi connectivity index (χ1) is 9.09. The minimum atomic E-state index is -1.07. The Bertz CT molecular complexity index is 586. The zero-order valence-electron chi connectivity index (χ0n) is 10.4. The van der Waals surface area contributed by atoms with Crippen LogP contribution in [0.4, 0.5) is 11.5 Å². The molecule has 2 rings (SSSR count). The maximum Gasteiger partial charge on any atom is 0.337 e. The van der Waals surface area contributed by atoms with Crippen LogP contribution < -0.4 is 11.1 Å². The molecule has 2 aromatic heterocycles.